The van der Waals surface area contributed by atoms with Gasteiger partial charge >= 0.3 is 0 Å². The molecule has 0 saturated heterocycles. The Balaban J connectivity index is 1.85. The third-order valence-corrected chi connectivity index (χ3v) is 8.13. The molecule has 0 spiro atoms. The molecule has 0 aliphatic carbocycles. The van der Waals surface area contributed by atoms with Gasteiger partial charge in [0.15, 0.2) is 0 Å². The van der Waals surface area contributed by atoms with Gasteiger partial charge < -0.3 is 9.64 Å². The first-order valence-electron chi connectivity index (χ1n) is 11.2. The Morgan fingerprint density at radius 1 is 1.03 bits per heavy atom. The number of hydrogen-bond acceptors (Lipinski definition) is 6. The average Bonchev–Trinajstić information content (AvgIpc) is 3.07. The summed E-state index contributed by atoms with van der Waals surface area (Å²) in [5.41, 5.74) is 4.69. The number of carbonyl (C=O) groups excluding carboxylic acids is 2. The van der Waals surface area contributed by atoms with Crippen molar-refractivity contribution < 1.29 is 28.0 Å². The Bertz CT molecular complexity index is 1410. The van der Waals surface area contributed by atoms with Crippen LogP contribution in [0.2, 0.25) is 0 Å². The van der Waals surface area contributed by atoms with Crippen LogP contribution in [0.3, 0.4) is 0 Å². The molecule has 0 radical (unpaired) electrons. The molecular weight excluding hydrogens is 482 g/mol. The molecule has 10 heteroatoms. The summed E-state index contributed by atoms with van der Waals surface area (Å²) in [4.78, 5) is 28.0. The molecule has 36 heavy (non-hydrogen) atoms. The number of nitrogens with zero attached hydrogens (tertiary/aromatic N) is 2. The number of methoxy groups -OCH3 is 1. The summed E-state index contributed by atoms with van der Waals surface area (Å²) < 4.78 is 33.6. The van der Waals surface area contributed by atoms with Crippen molar-refractivity contribution >= 4 is 27.5 Å². The summed E-state index contributed by atoms with van der Waals surface area (Å²) in [6, 6.07) is 16.8. The van der Waals surface area contributed by atoms with E-state index >= 15 is 0 Å². The highest BCUT2D eigenvalue weighted by Gasteiger charge is 2.41. The van der Waals surface area contributed by atoms with E-state index in [1.54, 1.807) is 35.8 Å². The van der Waals surface area contributed by atoms with Crippen LogP contribution in [-0.2, 0) is 21.4 Å². The summed E-state index contributed by atoms with van der Waals surface area (Å²) in [6.45, 7) is 3.21. The average molecular weight is 510 g/mol. The number of para-hydroxylation sites is 1. The number of nitrogens with one attached hydrogen (secondary N) is 1. The zero-order chi connectivity index (χ0) is 26.0. The fourth-order valence-electron chi connectivity index (χ4n) is 4.28. The standard InChI is InChI=1S/C26H27N3O6S/c1-17-8-9-18(2)22(14-17)26(31)28-16-24(25(30)27-32)29(15-19-6-4-5-7-23(19)28)36(33,34)21-12-10-20(35-3)11-13-21/h4-14,24,32H,15-16H2,1-3H3,(H,27,30). The number of benzene rings is 3. The van der Waals surface area contributed by atoms with Crippen molar-refractivity contribution in [1.29, 1.82) is 0 Å². The first kappa shape index (κ1) is 25.4. The fraction of sp³-hybridized carbons (Fsp3) is 0.231. The highest BCUT2D eigenvalue weighted by Crippen LogP contribution is 2.33. The molecule has 3 aromatic rings. The lowest BCUT2D eigenvalue weighted by Gasteiger charge is -2.30. The second-order valence-electron chi connectivity index (χ2n) is 8.58. The molecule has 1 heterocycles. The van der Waals surface area contributed by atoms with Gasteiger partial charge in [-0.05, 0) is 61.4 Å². The Morgan fingerprint density at radius 2 is 1.72 bits per heavy atom. The van der Waals surface area contributed by atoms with Crippen LogP contribution in [0.25, 0.3) is 0 Å². The van der Waals surface area contributed by atoms with Gasteiger partial charge in [-0.25, -0.2) is 13.9 Å². The van der Waals surface area contributed by atoms with Crippen LogP contribution in [0.1, 0.15) is 27.0 Å². The molecule has 1 aliphatic rings. The van der Waals surface area contributed by atoms with Crippen molar-refractivity contribution in [2.45, 2.75) is 31.3 Å². The minimum atomic E-state index is -4.22. The van der Waals surface area contributed by atoms with Crippen molar-refractivity contribution in [3.63, 3.8) is 0 Å². The summed E-state index contributed by atoms with van der Waals surface area (Å²) >= 11 is 0. The molecule has 1 atom stereocenters. The monoisotopic (exact) mass is 509 g/mol. The van der Waals surface area contributed by atoms with Crippen molar-refractivity contribution in [2.24, 2.45) is 0 Å². The van der Waals surface area contributed by atoms with Crippen LogP contribution in [0, 0.1) is 13.8 Å². The van der Waals surface area contributed by atoms with E-state index in [1.165, 1.54) is 36.3 Å². The number of aryl methyl sites for hydroxylation is 2. The molecule has 4 rings (SSSR count). The van der Waals surface area contributed by atoms with E-state index in [0.717, 1.165) is 15.4 Å². The summed E-state index contributed by atoms with van der Waals surface area (Å²) in [6.07, 6.45) is 0. The van der Waals surface area contributed by atoms with E-state index in [0.29, 0.717) is 22.6 Å². The van der Waals surface area contributed by atoms with Crippen molar-refractivity contribution in [2.75, 3.05) is 18.6 Å². The van der Waals surface area contributed by atoms with Crippen molar-refractivity contribution in [1.82, 2.24) is 9.79 Å². The number of hydrogen-bond donors (Lipinski definition) is 2. The van der Waals surface area contributed by atoms with E-state index in [4.69, 9.17) is 4.74 Å². The van der Waals surface area contributed by atoms with Crippen LogP contribution < -0.4 is 15.1 Å². The Morgan fingerprint density at radius 3 is 2.39 bits per heavy atom. The summed E-state index contributed by atoms with van der Waals surface area (Å²) in [5, 5.41) is 9.50. The fourth-order valence-corrected chi connectivity index (χ4v) is 5.83. The van der Waals surface area contributed by atoms with Crippen molar-refractivity contribution in [3.05, 3.63) is 89.0 Å². The molecule has 188 valence electrons. The Hall–Kier alpha value is -3.73. The molecule has 0 saturated carbocycles. The molecule has 0 bridgehead atoms. The molecule has 1 aliphatic heterocycles. The zero-order valence-corrected chi connectivity index (χ0v) is 21.0. The molecule has 9 nitrogen and oxygen atoms in total. The first-order valence-corrected chi connectivity index (χ1v) is 12.7. The number of fused-ring (bicyclic) bond motifs is 1. The highest BCUT2D eigenvalue weighted by atomic mass is 32.2. The number of anilines is 1. The first-order chi connectivity index (χ1) is 17.2. The predicted molar refractivity (Wildman–Crippen MR) is 133 cm³/mol. The maximum absolute atomic E-state index is 13.8. The van der Waals surface area contributed by atoms with Gasteiger partial charge in [0.2, 0.25) is 10.0 Å². The lowest BCUT2D eigenvalue weighted by molar-refractivity contribution is -0.133. The topological polar surface area (TPSA) is 116 Å². The van der Waals surface area contributed by atoms with E-state index < -0.39 is 22.0 Å². The second kappa shape index (κ2) is 10.1. The summed E-state index contributed by atoms with van der Waals surface area (Å²) in [5.74, 6) is -0.841. The maximum atomic E-state index is 13.8. The lowest BCUT2D eigenvalue weighted by atomic mass is 10.0. The van der Waals surface area contributed by atoms with E-state index in [1.807, 2.05) is 26.0 Å². The number of sulfonamides is 1. The third-order valence-electron chi connectivity index (χ3n) is 6.26. The van der Waals surface area contributed by atoms with Crippen LogP contribution in [0.15, 0.2) is 71.6 Å². The number of rotatable bonds is 5. The van der Waals surface area contributed by atoms with Crippen LogP contribution in [0.5, 0.6) is 5.75 Å². The number of hydroxylamine groups is 1. The number of amides is 2. The molecule has 0 fully saturated rings. The number of ether oxygens (including phenoxy) is 1. The molecule has 0 aromatic heterocycles. The SMILES string of the molecule is COc1ccc(S(=O)(=O)N2Cc3ccccc3N(C(=O)c3cc(C)ccc3C)CC2C(=O)NO)cc1. The van der Waals surface area contributed by atoms with Gasteiger partial charge in [-0.3, -0.25) is 14.8 Å². The molecule has 3 aromatic carbocycles. The third kappa shape index (κ3) is 4.70. The van der Waals surface area contributed by atoms with Gasteiger partial charge in [0.05, 0.1) is 18.6 Å². The van der Waals surface area contributed by atoms with Gasteiger partial charge in [-0.2, -0.15) is 4.31 Å². The largest absolute Gasteiger partial charge is 0.497 e. The quantitative estimate of drug-likeness (QED) is 0.404. The zero-order valence-electron chi connectivity index (χ0n) is 20.1. The minimum absolute atomic E-state index is 0.0502. The van der Waals surface area contributed by atoms with Crippen molar-refractivity contribution in [3.8, 4) is 5.75 Å². The van der Waals surface area contributed by atoms with Crippen LogP contribution in [0.4, 0.5) is 5.69 Å². The van der Waals surface area contributed by atoms with E-state index in [9.17, 15) is 23.2 Å². The normalized spacial score (nSPS) is 16.1. The Kier molecular flexibility index (Phi) is 7.11. The predicted octanol–water partition coefficient (Wildman–Crippen LogP) is 3.04. The van der Waals surface area contributed by atoms with Gasteiger partial charge in [-0.15, -0.1) is 0 Å². The van der Waals surface area contributed by atoms with Gasteiger partial charge in [0, 0.05) is 17.8 Å². The van der Waals surface area contributed by atoms with E-state index in [2.05, 4.69) is 0 Å². The lowest BCUT2D eigenvalue weighted by Crippen LogP contribution is -2.53. The van der Waals surface area contributed by atoms with E-state index in [-0.39, 0.29) is 23.9 Å². The molecule has 1 unspecified atom stereocenters. The minimum Gasteiger partial charge on any atom is -0.497 e. The molecule has 2 amide bonds. The Labute approximate surface area is 209 Å². The maximum Gasteiger partial charge on any atom is 0.263 e. The van der Waals surface area contributed by atoms with Gasteiger partial charge in [-0.1, -0.05) is 35.9 Å². The smallest absolute Gasteiger partial charge is 0.263 e. The van der Waals surface area contributed by atoms with Crippen LogP contribution in [-0.4, -0.2) is 49.4 Å². The molecule has 2 N–H and O–H groups in total. The number of carbonyl (C=O) groups is 2. The van der Waals surface area contributed by atoms with Gasteiger partial charge in [0.25, 0.3) is 11.8 Å². The second-order valence-corrected chi connectivity index (χ2v) is 10.5. The van der Waals surface area contributed by atoms with Gasteiger partial charge in [0.1, 0.15) is 11.8 Å². The summed E-state index contributed by atoms with van der Waals surface area (Å²) in [7, 11) is -2.75. The molecular formula is C26H27N3O6S. The highest BCUT2D eigenvalue weighted by molar-refractivity contribution is 7.89. The van der Waals surface area contributed by atoms with Crippen LogP contribution >= 0.6 is 0 Å².